The lowest BCUT2D eigenvalue weighted by atomic mass is 10.0. The highest BCUT2D eigenvalue weighted by Gasteiger charge is 2.18. The Labute approximate surface area is 261 Å². The van der Waals surface area contributed by atoms with Crippen molar-refractivity contribution in [3.05, 3.63) is 83.9 Å². The highest BCUT2D eigenvalue weighted by molar-refractivity contribution is 5.98. The number of nitrogens with one attached hydrogen (secondary N) is 1. The third kappa shape index (κ3) is 6.54. The molecule has 0 spiro atoms. The molecule has 1 N–H and O–H groups in total. The Morgan fingerprint density at radius 1 is 0.556 bits per heavy atom. The van der Waals surface area contributed by atoms with Crippen LogP contribution in [0.25, 0.3) is 33.5 Å². The lowest BCUT2D eigenvalue weighted by Crippen LogP contribution is -2.25. The maximum absolute atomic E-state index is 13.2. The number of benzene rings is 4. The first-order chi connectivity index (χ1) is 21.9. The van der Waals surface area contributed by atoms with E-state index in [9.17, 15) is 4.79 Å². The summed E-state index contributed by atoms with van der Waals surface area (Å²) in [4.78, 5) is 23.2. The van der Waals surface area contributed by atoms with Gasteiger partial charge in [0.2, 0.25) is 0 Å². The molecule has 5 rings (SSSR count). The smallest absolute Gasteiger partial charge is 0.251 e. The Balaban J connectivity index is 1.49. The van der Waals surface area contributed by atoms with Crippen molar-refractivity contribution in [1.29, 1.82) is 0 Å². The van der Waals surface area contributed by atoms with E-state index in [-0.39, 0.29) is 5.91 Å². The largest absolute Gasteiger partial charge is 0.493 e. The van der Waals surface area contributed by atoms with Gasteiger partial charge in [-0.2, -0.15) is 0 Å². The number of amides is 1. The van der Waals surface area contributed by atoms with Crippen LogP contribution in [0, 0.1) is 0 Å². The van der Waals surface area contributed by atoms with Crippen LogP contribution in [0.3, 0.4) is 0 Å². The second kappa shape index (κ2) is 13.9. The lowest BCUT2D eigenvalue weighted by molar-refractivity contribution is 0.0954. The predicted molar refractivity (Wildman–Crippen MR) is 172 cm³/mol. The van der Waals surface area contributed by atoms with Gasteiger partial charge in [0.1, 0.15) is 0 Å². The molecule has 1 aromatic heterocycles. The molecular formula is C35H35N3O7. The Morgan fingerprint density at radius 3 is 1.58 bits per heavy atom. The van der Waals surface area contributed by atoms with Crippen molar-refractivity contribution in [3.63, 3.8) is 0 Å². The molecule has 1 heterocycles. The fraction of sp³-hybridized carbons (Fsp3) is 0.229. The van der Waals surface area contributed by atoms with Crippen LogP contribution >= 0.6 is 0 Å². The molecule has 4 aromatic carbocycles. The minimum Gasteiger partial charge on any atom is -0.493 e. The van der Waals surface area contributed by atoms with Crippen LogP contribution in [-0.2, 0) is 6.42 Å². The van der Waals surface area contributed by atoms with Crippen molar-refractivity contribution in [3.8, 4) is 57.0 Å². The zero-order chi connectivity index (χ0) is 31.9. The summed E-state index contributed by atoms with van der Waals surface area (Å²) in [6.07, 6.45) is 0.623. The first-order valence-corrected chi connectivity index (χ1v) is 14.2. The Hall–Kier alpha value is -5.51. The summed E-state index contributed by atoms with van der Waals surface area (Å²) in [6, 6.07) is 22.2. The molecule has 0 radical (unpaired) electrons. The molecular weight excluding hydrogens is 574 g/mol. The van der Waals surface area contributed by atoms with E-state index in [1.807, 2.05) is 54.6 Å². The van der Waals surface area contributed by atoms with Gasteiger partial charge in [-0.05, 0) is 78.7 Å². The summed E-state index contributed by atoms with van der Waals surface area (Å²) in [6.45, 7) is 0.438. The lowest BCUT2D eigenvalue weighted by Gasteiger charge is -2.15. The molecule has 45 heavy (non-hydrogen) atoms. The molecule has 0 bridgehead atoms. The fourth-order valence-corrected chi connectivity index (χ4v) is 5.02. The molecule has 1 amide bonds. The van der Waals surface area contributed by atoms with Crippen LogP contribution in [-0.4, -0.2) is 65.1 Å². The van der Waals surface area contributed by atoms with Crippen molar-refractivity contribution < 1.29 is 33.2 Å². The first-order valence-electron chi connectivity index (χ1n) is 14.2. The summed E-state index contributed by atoms with van der Waals surface area (Å²) in [5, 5.41) is 3.00. The van der Waals surface area contributed by atoms with Crippen molar-refractivity contribution in [2.75, 3.05) is 49.2 Å². The third-order valence-electron chi connectivity index (χ3n) is 7.39. The van der Waals surface area contributed by atoms with Crippen molar-refractivity contribution in [2.24, 2.45) is 0 Å². The van der Waals surface area contributed by atoms with Gasteiger partial charge in [0.15, 0.2) is 34.5 Å². The highest BCUT2D eigenvalue weighted by atomic mass is 16.5. The number of carbonyl (C=O) groups excluding carboxylic acids is 1. The van der Waals surface area contributed by atoms with Gasteiger partial charge >= 0.3 is 0 Å². The average Bonchev–Trinajstić information content (AvgIpc) is 3.09. The highest BCUT2D eigenvalue weighted by Crippen LogP contribution is 2.39. The maximum Gasteiger partial charge on any atom is 0.251 e. The minimum absolute atomic E-state index is 0.212. The Bertz CT molecular complexity index is 1840. The fourth-order valence-electron chi connectivity index (χ4n) is 5.02. The van der Waals surface area contributed by atoms with Crippen molar-refractivity contribution in [2.45, 2.75) is 6.42 Å². The zero-order valence-corrected chi connectivity index (χ0v) is 26.1. The molecule has 0 unspecified atom stereocenters. The molecule has 0 aliphatic carbocycles. The number of fused-ring (bicyclic) bond motifs is 1. The van der Waals surface area contributed by atoms with E-state index in [0.29, 0.717) is 75.4 Å². The maximum atomic E-state index is 13.2. The van der Waals surface area contributed by atoms with Gasteiger partial charge in [-0.15, -0.1) is 0 Å². The quantitative estimate of drug-likeness (QED) is 0.182. The van der Waals surface area contributed by atoms with Gasteiger partial charge in [-0.25, -0.2) is 9.97 Å². The molecule has 0 fully saturated rings. The normalized spacial score (nSPS) is 10.7. The number of ether oxygens (including phenoxy) is 6. The van der Waals surface area contributed by atoms with E-state index < -0.39 is 0 Å². The second-order valence-electron chi connectivity index (χ2n) is 9.96. The molecule has 0 atom stereocenters. The zero-order valence-electron chi connectivity index (χ0n) is 26.1. The van der Waals surface area contributed by atoms with Crippen molar-refractivity contribution >= 4 is 16.9 Å². The standard InChI is InChI=1S/C35H35N3O7/c1-40-27-12-7-21(17-30(27)43-4)15-16-36-35(39)24-8-11-25-26(18-24)38-34(23-10-14-29(42-3)32(20-23)45-6)33(37-25)22-9-13-28(41-2)31(19-22)44-5/h7-14,17-20H,15-16H2,1-6H3,(H,36,39). The summed E-state index contributed by atoms with van der Waals surface area (Å²) in [5.41, 5.74) is 5.45. The number of hydrogen-bond donors (Lipinski definition) is 1. The van der Waals surface area contributed by atoms with Gasteiger partial charge in [0.05, 0.1) is 65.1 Å². The average molecular weight is 610 g/mol. The van der Waals surface area contributed by atoms with E-state index >= 15 is 0 Å². The Morgan fingerprint density at radius 2 is 1.04 bits per heavy atom. The molecule has 0 aliphatic heterocycles. The van der Waals surface area contributed by atoms with Crippen LogP contribution in [0.5, 0.6) is 34.5 Å². The summed E-state index contributed by atoms with van der Waals surface area (Å²) in [7, 11) is 9.54. The number of carbonyl (C=O) groups is 1. The van der Waals surface area contributed by atoms with Crippen LogP contribution in [0.4, 0.5) is 0 Å². The second-order valence-corrected chi connectivity index (χ2v) is 9.96. The summed E-state index contributed by atoms with van der Waals surface area (Å²) >= 11 is 0. The van der Waals surface area contributed by atoms with E-state index in [1.54, 1.807) is 60.9 Å². The van der Waals surface area contributed by atoms with E-state index in [2.05, 4.69) is 5.32 Å². The van der Waals surface area contributed by atoms with Gasteiger partial charge in [-0.3, -0.25) is 4.79 Å². The van der Waals surface area contributed by atoms with Crippen LogP contribution in [0.2, 0.25) is 0 Å². The number of methoxy groups -OCH3 is 6. The number of aromatic nitrogens is 2. The molecule has 0 aliphatic rings. The van der Waals surface area contributed by atoms with Gasteiger partial charge in [0.25, 0.3) is 5.91 Å². The number of nitrogens with zero attached hydrogens (tertiary/aromatic N) is 2. The third-order valence-corrected chi connectivity index (χ3v) is 7.39. The van der Waals surface area contributed by atoms with Gasteiger partial charge in [0, 0.05) is 23.2 Å². The van der Waals surface area contributed by atoms with E-state index in [4.69, 9.17) is 38.4 Å². The van der Waals surface area contributed by atoms with E-state index in [1.165, 1.54) is 0 Å². The first kappa shape index (κ1) is 30.9. The summed E-state index contributed by atoms with van der Waals surface area (Å²) in [5.74, 6) is 3.40. The van der Waals surface area contributed by atoms with Gasteiger partial charge < -0.3 is 33.7 Å². The topological polar surface area (TPSA) is 110 Å². The van der Waals surface area contributed by atoms with Crippen LogP contribution in [0.1, 0.15) is 15.9 Å². The summed E-state index contributed by atoms with van der Waals surface area (Å²) < 4.78 is 32.7. The van der Waals surface area contributed by atoms with Crippen molar-refractivity contribution in [1.82, 2.24) is 15.3 Å². The Kier molecular flexibility index (Phi) is 9.52. The monoisotopic (exact) mass is 609 g/mol. The van der Waals surface area contributed by atoms with Gasteiger partial charge in [-0.1, -0.05) is 6.07 Å². The van der Waals surface area contributed by atoms with Crippen LogP contribution < -0.4 is 33.7 Å². The van der Waals surface area contributed by atoms with E-state index in [0.717, 1.165) is 16.7 Å². The molecule has 10 heteroatoms. The van der Waals surface area contributed by atoms with Crippen LogP contribution in [0.15, 0.2) is 72.8 Å². The predicted octanol–water partition coefficient (Wildman–Crippen LogP) is 5.99. The SMILES string of the molecule is COc1ccc(CCNC(=O)c2ccc3nc(-c4ccc(OC)c(OC)c4)c(-c4ccc(OC)c(OC)c4)nc3c2)cc1OC. The molecule has 232 valence electrons. The molecule has 5 aromatic rings. The molecule has 0 saturated carbocycles. The minimum atomic E-state index is -0.212. The number of rotatable bonds is 12. The number of hydrogen-bond acceptors (Lipinski definition) is 9. The molecule has 0 saturated heterocycles. The molecule has 10 nitrogen and oxygen atoms in total.